The van der Waals surface area contributed by atoms with Gasteiger partial charge in [-0.05, 0) is 70.8 Å². The maximum absolute atomic E-state index is 13.2. The second-order valence-electron chi connectivity index (χ2n) is 10.6. The number of benzene rings is 4. The van der Waals surface area contributed by atoms with Crippen molar-refractivity contribution < 1.29 is 13.0 Å². The Hall–Kier alpha value is -2.86. The molecule has 0 aliphatic heterocycles. The fourth-order valence-electron chi connectivity index (χ4n) is 5.36. The second kappa shape index (κ2) is 11.1. The molecular formula is C33H38O3S2. The molecule has 4 aromatic carbocycles. The monoisotopic (exact) mass is 546 g/mol. The van der Waals surface area contributed by atoms with Crippen molar-refractivity contribution in [3.63, 3.8) is 0 Å². The average molecular weight is 547 g/mol. The number of hydrogen-bond donors (Lipinski definition) is 1. The topological polar surface area (TPSA) is 54.4 Å². The normalized spacial score (nSPS) is 12.9. The molecule has 0 amide bonds. The quantitative estimate of drug-likeness (QED) is 0.224. The Morgan fingerprint density at radius 1 is 0.526 bits per heavy atom. The summed E-state index contributed by atoms with van der Waals surface area (Å²) in [5.74, 6) is -0.106. The molecule has 0 atom stereocenters. The molecule has 4 aromatic rings. The van der Waals surface area contributed by atoms with Crippen LogP contribution in [0, 0.1) is 0 Å². The Morgan fingerprint density at radius 3 is 1.16 bits per heavy atom. The van der Waals surface area contributed by atoms with Crippen LogP contribution in [-0.4, -0.2) is 13.0 Å². The van der Waals surface area contributed by atoms with Crippen LogP contribution in [0.3, 0.4) is 0 Å². The smallest absolute Gasteiger partial charge is 0.282 e. The summed E-state index contributed by atoms with van der Waals surface area (Å²) in [4.78, 5) is 4.46. The van der Waals surface area contributed by atoms with Crippen molar-refractivity contribution in [2.75, 3.05) is 0 Å². The van der Waals surface area contributed by atoms with Gasteiger partial charge in [-0.25, -0.2) is 0 Å². The van der Waals surface area contributed by atoms with E-state index in [9.17, 15) is 13.0 Å². The number of hydrogen-bond acceptors (Lipinski definition) is 2. The Morgan fingerprint density at radius 2 is 0.868 bits per heavy atom. The highest BCUT2D eigenvalue weighted by molar-refractivity contribution is 8.34. The molecule has 200 valence electrons. The van der Waals surface area contributed by atoms with Gasteiger partial charge in [-0.2, -0.15) is 8.42 Å². The standard InChI is InChI=1S/C33H38O3S2/c1-23(2)29-22-30(24(3)4)33(38(34,35)36)31(25(5)6)32(29)37(26-16-10-7-11-17-26,27-18-12-8-13-19-27)28-20-14-9-15-21-28/h7-25H,1-6H3,(H,34,35,36). The zero-order chi connectivity index (χ0) is 27.7. The van der Waals surface area contributed by atoms with Crippen molar-refractivity contribution >= 4 is 20.1 Å². The van der Waals surface area contributed by atoms with E-state index in [0.29, 0.717) is 11.1 Å². The van der Waals surface area contributed by atoms with Crippen LogP contribution in [0.15, 0.2) is 122 Å². The molecule has 0 bridgehead atoms. The summed E-state index contributed by atoms with van der Waals surface area (Å²) in [5.41, 5.74) is 2.51. The SMILES string of the molecule is CC(C)c1cc(C(C)C)c(S(=O)(=O)O)c(C(C)C)c1S(c1ccccc1)(c1ccccc1)c1ccccc1. The summed E-state index contributed by atoms with van der Waals surface area (Å²) >= 11 is 0. The lowest BCUT2D eigenvalue weighted by Gasteiger charge is -2.46. The van der Waals surface area contributed by atoms with Crippen molar-refractivity contribution in [3.8, 4) is 0 Å². The first-order valence-electron chi connectivity index (χ1n) is 13.2. The molecule has 0 heterocycles. The summed E-state index contributed by atoms with van der Waals surface area (Å²) in [6.07, 6.45) is 0. The third-order valence-electron chi connectivity index (χ3n) is 7.00. The Bertz CT molecular complexity index is 1400. The zero-order valence-corrected chi connectivity index (χ0v) is 24.7. The minimum atomic E-state index is -4.51. The minimum Gasteiger partial charge on any atom is -0.282 e. The predicted octanol–water partition coefficient (Wildman–Crippen LogP) is 9.64. The Balaban J connectivity index is 2.42. The van der Waals surface area contributed by atoms with Crippen LogP contribution in [0.1, 0.15) is 76.0 Å². The first-order chi connectivity index (χ1) is 18.0. The maximum atomic E-state index is 13.2. The highest BCUT2D eigenvalue weighted by Crippen LogP contribution is 2.76. The average Bonchev–Trinajstić information content (AvgIpc) is 2.89. The molecule has 0 spiro atoms. The fraction of sp³-hybridized carbons (Fsp3) is 0.273. The van der Waals surface area contributed by atoms with E-state index >= 15 is 0 Å². The van der Waals surface area contributed by atoms with E-state index in [2.05, 4.69) is 92.7 Å². The lowest BCUT2D eigenvalue weighted by molar-refractivity contribution is 0.478. The van der Waals surface area contributed by atoms with Crippen molar-refractivity contribution in [1.29, 1.82) is 0 Å². The summed E-state index contributed by atoms with van der Waals surface area (Å²) in [6.45, 7) is 12.4. The van der Waals surface area contributed by atoms with Gasteiger partial charge in [0.05, 0.1) is 0 Å². The minimum absolute atomic E-state index is 0.0709. The molecule has 4 rings (SSSR count). The van der Waals surface area contributed by atoms with Crippen LogP contribution >= 0.6 is 10.0 Å². The highest BCUT2D eigenvalue weighted by Gasteiger charge is 2.41. The molecule has 0 aliphatic rings. The molecule has 0 radical (unpaired) electrons. The van der Waals surface area contributed by atoms with Gasteiger partial charge in [-0.15, -0.1) is 10.0 Å². The van der Waals surface area contributed by atoms with Gasteiger partial charge in [0.25, 0.3) is 10.1 Å². The van der Waals surface area contributed by atoms with Crippen molar-refractivity contribution in [2.24, 2.45) is 0 Å². The van der Waals surface area contributed by atoms with Crippen LogP contribution in [-0.2, 0) is 10.1 Å². The van der Waals surface area contributed by atoms with Gasteiger partial charge in [0.2, 0.25) is 0 Å². The zero-order valence-electron chi connectivity index (χ0n) is 23.0. The van der Waals surface area contributed by atoms with Gasteiger partial charge in [-0.1, -0.05) is 102 Å². The van der Waals surface area contributed by atoms with Crippen LogP contribution in [0.5, 0.6) is 0 Å². The van der Waals surface area contributed by atoms with E-state index in [0.717, 1.165) is 25.1 Å². The molecule has 1 N–H and O–H groups in total. The van der Waals surface area contributed by atoms with Crippen LogP contribution in [0.2, 0.25) is 0 Å². The second-order valence-corrected chi connectivity index (χ2v) is 15.0. The van der Waals surface area contributed by atoms with Crippen molar-refractivity contribution in [1.82, 2.24) is 0 Å². The largest absolute Gasteiger partial charge is 0.295 e. The summed E-state index contributed by atoms with van der Waals surface area (Å²) in [6, 6.07) is 33.4. The molecule has 5 heteroatoms. The van der Waals surface area contributed by atoms with E-state index in [1.165, 1.54) is 0 Å². The molecular weight excluding hydrogens is 508 g/mol. The first-order valence-corrected chi connectivity index (χ1v) is 16.2. The van der Waals surface area contributed by atoms with Gasteiger partial charge in [0, 0.05) is 19.6 Å². The summed E-state index contributed by atoms with van der Waals surface area (Å²) in [5, 5.41) is 0. The maximum Gasteiger partial charge on any atom is 0.295 e. The number of rotatable bonds is 8. The first kappa shape index (κ1) is 28.2. The van der Waals surface area contributed by atoms with Crippen LogP contribution in [0.4, 0.5) is 0 Å². The van der Waals surface area contributed by atoms with Crippen molar-refractivity contribution in [2.45, 2.75) is 83.8 Å². The van der Waals surface area contributed by atoms with E-state index in [1.54, 1.807) is 0 Å². The molecule has 0 fully saturated rings. The van der Waals surface area contributed by atoms with Gasteiger partial charge < -0.3 is 0 Å². The molecule has 0 unspecified atom stereocenters. The van der Waals surface area contributed by atoms with E-state index < -0.39 is 20.1 Å². The predicted molar refractivity (Wildman–Crippen MR) is 159 cm³/mol. The van der Waals surface area contributed by atoms with Gasteiger partial charge in [0.1, 0.15) is 4.90 Å². The van der Waals surface area contributed by atoms with E-state index in [-0.39, 0.29) is 22.6 Å². The van der Waals surface area contributed by atoms with Crippen molar-refractivity contribution in [3.05, 3.63) is 114 Å². The molecule has 38 heavy (non-hydrogen) atoms. The Labute approximate surface area is 230 Å². The third kappa shape index (κ3) is 4.95. The molecule has 0 aliphatic carbocycles. The molecule has 0 aromatic heterocycles. The molecule has 0 saturated heterocycles. The van der Waals surface area contributed by atoms with Crippen LogP contribution in [0.25, 0.3) is 0 Å². The lowest BCUT2D eigenvalue weighted by atomic mass is 9.89. The lowest BCUT2D eigenvalue weighted by Crippen LogP contribution is -2.18. The van der Waals surface area contributed by atoms with Gasteiger partial charge >= 0.3 is 0 Å². The van der Waals surface area contributed by atoms with E-state index in [4.69, 9.17) is 0 Å². The molecule has 0 saturated carbocycles. The summed E-state index contributed by atoms with van der Waals surface area (Å²) < 4.78 is 37.2. The van der Waals surface area contributed by atoms with Crippen LogP contribution < -0.4 is 0 Å². The van der Waals surface area contributed by atoms with E-state index in [1.807, 2.05) is 45.9 Å². The highest BCUT2D eigenvalue weighted by atomic mass is 32.3. The van der Waals surface area contributed by atoms with Gasteiger partial charge in [0.15, 0.2) is 0 Å². The van der Waals surface area contributed by atoms with Gasteiger partial charge in [-0.3, -0.25) is 4.55 Å². The molecule has 3 nitrogen and oxygen atoms in total. The summed E-state index contributed by atoms with van der Waals surface area (Å²) in [7, 11) is -6.68. The Kier molecular flexibility index (Phi) is 8.22. The fourth-order valence-corrected chi connectivity index (χ4v) is 11.2. The third-order valence-corrected chi connectivity index (χ3v) is 12.0.